The summed E-state index contributed by atoms with van der Waals surface area (Å²) in [6, 6.07) is 4.42. The van der Waals surface area contributed by atoms with Gasteiger partial charge in [-0.05, 0) is 21.3 Å². The van der Waals surface area contributed by atoms with E-state index in [2.05, 4.69) is 26.1 Å². The molecule has 0 amide bonds. The van der Waals surface area contributed by atoms with Crippen molar-refractivity contribution >= 4 is 32.5 Å². The second-order valence-electron chi connectivity index (χ2n) is 2.45. The Morgan fingerprint density at radius 3 is 2.86 bits per heavy atom. The molecular weight excluding hydrogens is 344 g/mol. The average molecular weight is 347 g/mol. The number of hydrogen-bond donors (Lipinski definition) is 0. The maximum Gasteiger partial charge on any atom is 0.270 e. The van der Waals surface area contributed by atoms with Crippen molar-refractivity contribution in [2.45, 2.75) is 0 Å². The van der Waals surface area contributed by atoms with Gasteiger partial charge in [0.05, 0.1) is 9.53 Å². The molecule has 0 unspecified atom stereocenters. The van der Waals surface area contributed by atoms with Crippen LogP contribution in [-0.2, 0) is 20.4 Å². The first-order valence-corrected chi connectivity index (χ1v) is 4.21. The smallest absolute Gasteiger partial charge is 0.270 e. The molecule has 0 N–H and O–H groups in total. The van der Waals surface area contributed by atoms with E-state index < -0.39 is 4.92 Å². The molecule has 0 aliphatic rings. The summed E-state index contributed by atoms with van der Waals surface area (Å²) in [6.45, 7) is 0. The maximum absolute atomic E-state index is 10.4. The van der Waals surface area contributed by atoms with Gasteiger partial charge in [-0.2, -0.15) is 0 Å². The molecule has 0 radical (unpaired) electrons. The van der Waals surface area contributed by atoms with Crippen LogP contribution < -0.4 is 5.10 Å². The fourth-order valence-corrected chi connectivity index (χ4v) is 1.44. The van der Waals surface area contributed by atoms with Gasteiger partial charge in [-0.3, -0.25) is 10.1 Å². The van der Waals surface area contributed by atoms with Crippen LogP contribution in [0.3, 0.4) is 0 Å². The number of fused-ring (bicyclic) bond motifs is 1. The molecule has 76 valence electrons. The van der Waals surface area contributed by atoms with Crippen molar-refractivity contribution in [3.05, 3.63) is 32.9 Å². The van der Waals surface area contributed by atoms with Crippen LogP contribution in [0.25, 0.3) is 10.9 Å². The fraction of sp³-hybridized carbons (Fsp3) is 0. The zero-order valence-corrected chi connectivity index (χ0v) is 9.72. The summed E-state index contributed by atoms with van der Waals surface area (Å²) < 4.78 is 0.534. The van der Waals surface area contributed by atoms with Crippen LogP contribution >= 0.6 is 15.9 Å². The van der Waals surface area contributed by atoms with Crippen molar-refractivity contribution in [3.63, 3.8) is 0 Å². The van der Waals surface area contributed by atoms with E-state index in [9.17, 15) is 10.1 Å². The molecule has 7 heteroatoms. The van der Waals surface area contributed by atoms with Crippen LogP contribution in [0.15, 0.2) is 22.8 Å². The predicted octanol–water partition coefficient (Wildman–Crippen LogP) is 1.86. The third-order valence-electron chi connectivity index (χ3n) is 1.66. The van der Waals surface area contributed by atoms with E-state index in [1.807, 2.05) is 0 Å². The first kappa shape index (κ1) is 11.3. The van der Waals surface area contributed by atoms with Gasteiger partial charge in [-0.25, -0.2) is 0 Å². The third-order valence-corrected chi connectivity index (χ3v) is 2.24. The normalized spacial score (nSPS) is 9.79. The second kappa shape index (κ2) is 4.17. The minimum absolute atomic E-state index is 0. The molecule has 0 aliphatic heterocycles. The van der Waals surface area contributed by atoms with E-state index in [1.165, 1.54) is 12.1 Å². The van der Waals surface area contributed by atoms with Crippen molar-refractivity contribution in [3.8, 4) is 0 Å². The predicted molar refractivity (Wildman–Crippen MR) is 49.4 cm³/mol. The van der Waals surface area contributed by atoms with E-state index in [0.717, 1.165) is 0 Å². The number of nitro groups is 1. The Morgan fingerprint density at radius 2 is 2.21 bits per heavy atom. The minimum atomic E-state index is -0.446. The number of aromatic nitrogens is 2. The maximum atomic E-state index is 10.4. The summed E-state index contributed by atoms with van der Waals surface area (Å²) in [7, 11) is 0. The Hall–Kier alpha value is -0.768. The van der Waals surface area contributed by atoms with Crippen LogP contribution in [0.4, 0.5) is 5.69 Å². The summed E-state index contributed by atoms with van der Waals surface area (Å²) in [5, 5.41) is 18.6. The Balaban J connectivity index is 0.000000980. The Morgan fingerprint density at radius 1 is 1.50 bits per heavy atom. The van der Waals surface area contributed by atoms with E-state index in [0.29, 0.717) is 15.5 Å². The molecule has 0 fully saturated rings. The quantitative estimate of drug-likeness (QED) is 0.448. The molecule has 0 bridgehead atoms. The fourth-order valence-electron chi connectivity index (χ4n) is 1.04. The van der Waals surface area contributed by atoms with Gasteiger partial charge in [0.2, 0.25) is 0 Å². The van der Waals surface area contributed by atoms with Crippen LogP contribution in [0.1, 0.15) is 0 Å². The van der Waals surface area contributed by atoms with Crippen LogP contribution in [0.5, 0.6) is 0 Å². The number of hydrogen-bond acceptors (Lipinski definition) is 3. The van der Waals surface area contributed by atoms with Gasteiger partial charge in [0.25, 0.3) is 5.69 Å². The second-order valence-corrected chi connectivity index (χ2v) is 3.20. The number of nitrogens with zero attached hydrogens (tertiary/aromatic N) is 3. The van der Waals surface area contributed by atoms with E-state index in [1.54, 1.807) is 6.07 Å². The van der Waals surface area contributed by atoms with Crippen molar-refractivity contribution < 1.29 is 25.3 Å². The number of halogens is 1. The average Bonchev–Trinajstić information content (AvgIpc) is 2.47. The van der Waals surface area contributed by atoms with Gasteiger partial charge in [0.1, 0.15) is 0 Å². The van der Waals surface area contributed by atoms with Gasteiger partial charge in [0.15, 0.2) is 0 Å². The van der Waals surface area contributed by atoms with Gasteiger partial charge < -0.3 is 10.2 Å². The van der Waals surface area contributed by atoms with Crippen molar-refractivity contribution in [1.29, 1.82) is 0 Å². The summed E-state index contributed by atoms with van der Waals surface area (Å²) in [5.74, 6) is 0. The molecule has 0 saturated heterocycles. The molecule has 2 aromatic rings. The molecule has 0 saturated carbocycles. The molecule has 2 rings (SSSR count). The molecule has 0 aliphatic carbocycles. The van der Waals surface area contributed by atoms with E-state index in [-0.39, 0.29) is 26.1 Å². The molecule has 14 heavy (non-hydrogen) atoms. The number of rotatable bonds is 1. The topological polar surface area (TPSA) is 70.1 Å². The molecule has 1 aromatic carbocycles. The molecule has 0 spiro atoms. The summed E-state index contributed by atoms with van der Waals surface area (Å²) in [6.07, 6.45) is 0. The Bertz CT molecular complexity index is 485. The third kappa shape index (κ3) is 1.85. The zero-order valence-electron chi connectivity index (χ0n) is 6.58. The zero-order chi connectivity index (χ0) is 9.42. The minimum Gasteiger partial charge on any atom is -0.574 e. The SMILES string of the molecule is O=[N+]([O-])c1ccc2[n-]nc(Br)c2c1.[Pd]. The number of non-ortho nitro benzene ring substituents is 1. The van der Waals surface area contributed by atoms with Gasteiger partial charge >= 0.3 is 0 Å². The van der Waals surface area contributed by atoms with Crippen molar-refractivity contribution in [2.24, 2.45) is 0 Å². The van der Waals surface area contributed by atoms with E-state index in [4.69, 9.17) is 0 Å². The van der Waals surface area contributed by atoms with Gasteiger partial charge in [-0.15, -0.1) is 5.52 Å². The van der Waals surface area contributed by atoms with Crippen molar-refractivity contribution in [1.82, 2.24) is 10.2 Å². The summed E-state index contributed by atoms with van der Waals surface area (Å²) in [5.41, 5.74) is 0.695. The van der Waals surface area contributed by atoms with E-state index >= 15 is 0 Å². The number of benzene rings is 1. The largest absolute Gasteiger partial charge is 0.574 e. The molecule has 5 nitrogen and oxygen atoms in total. The van der Waals surface area contributed by atoms with Gasteiger partial charge in [-0.1, -0.05) is 6.07 Å². The van der Waals surface area contributed by atoms with Gasteiger partial charge in [0, 0.05) is 32.6 Å². The standard InChI is InChI=1S/C7H3BrN3O2.Pd/c8-7-5-3-4(11(12)13)1-2-6(5)9-10-7;/h1-3H;/q-1;. The first-order valence-electron chi connectivity index (χ1n) is 3.41. The Kier molecular flexibility index (Phi) is 3.37. The van der Waals surface area contributed by atoms with Crippen LogP contribution in [0.2, 0.25) is 0 Å². The molecular formula is C7H3BrN3O2Pd-. The molecule has 1 heterocycles. The van der Waals surface area contributed by atoms with Crippen molar-refractivity contribution in [2.75, 3.05) is 0 Å². The number of nitro benzene ring substituents is 1. The van der Waals surface area contributed by atoms with Crippen LogP contribution in [0, 0.1) is 10.1 Å². The van der Waals surface area contributed by atoms with Crippen LogP contribution in [-0.4, -0.2) is 10.0 Å². The Labute approximate surface area is 101 Å². The monoisotopic (exact) mass is 346 g/mol. The molecule has 1 aromatic heterocycles. The molecule has 0 atom stereocenters. The summed E-state index contributed by atoms with van der Waals surface area (Å²) >= 11 is 3.15. The summed E-state index contributed by atoms with van der Waals surface area (Å²) in [4.78, 5) is 9.98. The first-order chi connectivity index (χ1) is 6.18.